The van der Waals surface area contributed by atoms with E-state index in [9.17, 15) is 40.5 Å². The van der Waals surface area contributed by atoms with Crippen LogP contribution in [0.5, 0.6) is 11.5 Å². The van der Waals surface area contributed by atoms with Gasteiger partial charge in [0, 0.05) is 6.08 Å². The summed E-state index contributed by atoms with van der Waals surface area (Å²) in [5.74, 6) is -1.70. The molecule has 0 radical (unpaired) electrons. The highest BCUT2D eigenvalue weighted by molar-refractivity contribution is 5.87. The molecule has 1 aromatic rings. The summed E-state index contributed by atoms with van der Waals surface area (Å²) in [5.41, 5.74) is -2.06. The highest BCUT2D eigenvalue weighted by Gasteiger charge is 2.60. The number of phenolic OH excluding ortho intramolecular Hbond substituents is 2. The molecule has 10 atom stereocenters. The van der Waals surface area contributed by atoms with Gasteiger partial charge in [0.1, 0.15) is 31.0 Å². The highest BCUT2D eigenvalue weighted by Crippen LogP contribution is 2.58. The van der Waals surface area contributed by atoms with E-state index in [-0.39, 0.29) is 23.3 Å². The van der Waals surface area contributed by atoms with E-state index in [2.05, 4.69) is 0 Å². The molecule has 2 saturated carbocycles. The Hall–Kier alpha value is -2.25. The molecule has 230 valence electrons. The van der Waals surface area contributed by atoms with Gasteiger partial charge in [-0.3, -0.25) is 0 Å². The monoisotopic (exact) mass is 580 g/mol. The molecule has 0 spiro atoms. The van der Waals surface area contributed by atoms with E-state index in [4.69, 9.17) is 14.2 Å². The lowest BCUT2D eigenvalue weighted by Gasteiger charge is -2.60. The molecule has 2 aliphatic carbocycles. The van der Waals surface area contributed by atoms with Crippen LogP contribution in [0.15, 0.2) is 24.3 Å². The van der Waals surface area contributed by atoms with Gasteiger partial charge in [0.25, 0.3) is 0 Å². The Morgan fingerprint density at radius 3 is 2.41 bits per heavy atom. The maximum Gasteiger partial charge on any atom is 0.330 e. The van der Waals surface area contributed by atoms with Crippen LogP contribution in [0.3, 0.4) is 0 Å². The summed E-state index contributed by atoms with van der Waals surface area (Å²) >= 11 is 0. The van der Waals surface area contributed by atoms with Gasteiger partial charge in [-0.25, -0.2) is 4.79 Å². The van der Waals surface area contributed by atoms with Crippen LogP contribution in [0.1, 0.15) is 65.4 Å². The summed E-state index contributed by atoms with van der Waals surface area (Å²) in [4.78, 5) is 12.3. The largest absolute Gasteiger partial charge is 0.504 e. The highest BCUT2D eigenvalue weighted by atomic mass is 16.7. The first-order chi connectivity index (χ1) is 19.1. The van der Waals surface area contributed by atoms with Crippen LogP contribution in [0, 0.1) is 17.3 Å². The summed E-state index contributed by atoms with van der Waals surface area (Å²) in [6.07, 6.45) is -2.91. The number of aromatic hydroxyl groups is 2. The van der Waals surface area contributed by atoms with Crippen molar-refractivity contribution in [3.8, 4) is 11.5 Å². The lowest BCUT2D eigenvalue weighted by atomic mass is 9.50. The number of esters is 1. The van der Waals surface area contributed by atoms with Gasteiger partial charge in [-0.1, -0.05) is 26.8 Å². The van der Waals surface area contributed by atoms with Crippen LogP contribution < -0.4 is 0 Å². The Morgan fingerprint density at radius 1 is 1.05 bits per heavy atom. The van der Waals surface area contributed by atoms with Crippen molar-refractivity contribution in [3.05, 3.63) is 29.8 Å². The molecular formula is C30H44O11. The Bertz CT molecular complexity index is 1120. The van der Waals surface area contributed by atoms with E-state index in [1.165, 1.54) is 24.3 Å². The molecule has 0 unspecified atom stereocenters. The number of fused-ring (bicyclic) bond motifs is 1. The molecule has 1 heterocycles. The zero-order chi connectivity index (χ0) is 30.3. The molecule has 41 heavy (non-hydrogen) atoms. The van der Waals surface area contributed by atoms with Crippen LogP contribution in [0.4, 0.5) is 0 Å². The fourth-order valence-electron chi connectivity index (χ4n) is 6.69. The van der Waals surface area contributed by atoms with Gasteiger partial charge < -0.3 is 50.0 Å². The third-order valence-corrected chi connectivity index (χ3v) is 9.69. The lowest BCUT2D eigenvalue weighted by Crippen LogP contribution is -2.64. The Balaban J connectivity index is 1.42. The zero-order valence-electron chi connectivity index (χ0n) is 24.0. The first kappa shape index (κ1) is 31.7. The summed E-state index contributed by atoms with van der Waals surface area (Å²) in [6, 6.07) is 4.02. The van der Waals surface area contributed by atoms with Crippen molar-refractivity contribution >= 4 is 12.0 Å². The second kappa shape index (κ2) is 11.8. The van der Waals surface area contributed by atoms with Gasteiger partial charge in [0.15, 0.2) is 17.8 Å². The lowest BCUT2D eigenvalue weighted by molar-refractivity contribution is -0.333. The van der Waals surface area contributed by atoms with Gasteiger partial charge in [0.05, 0.1) is 17.3 Å². The molecule has 4 rings (SSSR count). The van der Waals surface area contributed by atoms with Crippen molar-refractivity contribution in [2.75, 3.05) is 6.61 Å². The maximum atomic E-state index is 12.3. The fourth-order valence-corrected chi connectivity index (χ4v) is 6.69. The zero-order valence-corrected chi connectivity index (χ0v) is 24.0. The number of carbonyl (C=O) groups excluding carboxylic acids is 1. The molecule has 0 amide bonds. The van der Waals surface area contributed by atoms with Crippen molar-refractivity contribution in [1.82, 2.24) is 0 Å². The molecule has 1 aliphatic heterocycles. The molecule has 3 fully saturated rings. The van der Waals surface area contributed by atoms with Crippen LogP contribution in [-0.4, -0.2) is 96.3 Å². The van der Waals surface area contributed by atoms with Crippen molar-refractivity contribution < 1.29 is 54.8 Å². The minimum absolute atomic E-state index is 0.0100. The maximum absolute atomic E-state index is 12.3. The van der Waals surface area contributed by atoms with Gasteiger partial charge in [-0.15, -0.1) is 0 Å². The molecule has 0 bridgehead atoms. The smallest absolute Gasteiger partial charge is 0.330 e. The molecule has 7 N–H and O–H groups in total. The Labute approximate surface area is 240 Å². The number of carbonyl (C=O) groups is 1. The van der Waals surface area contributed by atoms with E-state index in [1.54, 1.807) is 6.92 Å². The standard InChI is InChI=1S/C30H44O11/c1-16(2)30(38)12-11-28(3)21(14-30)29(4,37)10-9-22(28)41-27-26(36)25(35)24(34)20(40-27)15-39-23(33)8-6-17-5-7-18(31)19(32)13-17/h5-8,13,16,20-22,24-27,31-32,34-38H,9-12,14-15H2,1-4H3/b8-6+/t20-,21-,22-,24-,25+,26-,27+,28-,29+,30+/m1/s1. The molecule has 1 saturated heterocycles. The number of rotatable bonds is 7. The summed E-state index contributed by atoms with van der Waals surface area (Å²) in [6.45, 7) is 7.29. The van der Waals surface area contributed by atoms with Gasteiger partial charge >= 0.3 is 5.97 Å². The number of phenols is 2. The molecular weight excluding hydrogens is 536 g/mol. The predicted octanol–water partition coefficient (Wildman–Crippen LogP) is 1.59. The first-order valence-electron chi connectivity index (χ1n) is 14.2. The van der Waals surface area contributed by atoms with Crippen LogP contribution in [0.2, 0.25) is 0 Å². The first-order valence-corrected chi connectivity index (χ1v) is 14.2. The average molecular weight is 581 g/mol. The van der Waals surface area contributed by atoms with E-state index >= 15 is 0 Å². The third kappa shape index (κ3) is 6.41. The molecule has 11 heteroatoms. The van der Waals surface area contributed by atoms with Crippen LogP contribution >= 0.6 is 0 Å². The SMILES string of the molecule is CC(C)[C@]1(O)CC[C@]2(C)[C@@H](C1)[C@@](C)(O)CC[C@H]2O[C@@H]1O[C@H](COC(=O)/C=C/c2ccc(O)c(O)c2)[C@@H](O)[C@H](O)[C@H]1O. The number of benzene rings is 1. The van der Waals surface area contributed by atoms with Gasteiger partial charge in [-0.05, 0) is 80.1 Å². The average Bonchev–Trinajstić information content (AvgIpc) is 2.91. The van der Waals surface area contributed by atoms with Crippen molar-refractivity contribution in [2.24, 2.45) is 17.3 Å². The van der Waals surface area contributed by atoms with Crippen molar-refractivity contribution in [2.45, 2.75) is 108 Å². The second-order valence-electron chi connectivity index (χ2n) is 12.8. The quantitative estimate of drug-likeness (QED) is 0.141. The number of hydrogen-bond acceptors (Lipinski definition) is 11. The Kier molecular flexibility index (Phi) is 9.11. The van der Waals surface area contributed by atoms with E-state index < -0.39 is 66.0 Å². The van der Waals surface area contributed by atoms with Crippen LogP contribution in [0.25, 0.3) is 6.08 Å². The molecule has 11 nitrogen and oxygen atoms in total. The minimum Gasteiger partial charge on any atom is -0.504 e. The van der Waals surface area contributed by atoms with Crippen molar-refractivity contribution in [3.63, 3.8) is 0 Å². The second-order valence-corrected chi connectivity index (χ2v) is 12.8. The summed E-state index contributed by atoms with van der Waals surface area (Å²) in [5, 5.41) is 73.4. The van der Waals surface area contributed by atoms with Crippen molar-refractivity contribution in [1.29, 1.82) is 0 Å². The van der Waals surface area contributed by atoms with Gasteiger partial charge in [-0.2, -0.15) is 0 Å². The molecule has 1 aromatic carbocycles. The fraction of sp³-hybridized carbons (Fsp3) is 0.700. The Morgan fingerprint density at radius 2 is 1.76 bits per heavy atom. The third-order valence-electron chi connectivity index (χ3n) is 9.69. The number of aliphatic hydroxyl groups excluding tert-OH is 3. The normalized spacial score (nSPS) is 41.4. The topological polar surface area (TPSA) is 186 Å². The minimum atomic E-state index is -1.62. The number of hydrogen-bond donors (Lipinski definition) is 7. The molecule has 0 aromatic heterocycles. The van der Waals surface area contributed by atoms with E-state index in [1.807, 2.05) is 20.8 Å². The van der Waals surface area contributed by atoms with Crippen LogP contribution in [-0.2, 0) is 19.0 Å². The van der Waals surface area contributed by atoms with E-state index in [0.29, 0.717) is 37.7 Å². The van der Waals surface area contributed by atoms with Gasteiger partial charge in [0.2, 0.25) is 0 Å². The number of ether oxygens (including phenoxy) is 3. The molecule has 3 aliphatic rings. The number of aliphatic hydroxyl groups is 5. The predicted molar refractivity (Wildman–Crippen MR) is 146 cm³/mol. The van der Waals surface area contributed by atoms with E-state index in [0.717, 1.165) is 6.08 Å². The summed E-state index contributed by atoms with van der Waals surface area (Å²) in [7, 11) is 0. The summed E-state index contributed by atoms with van der Waals surface area (Å²) < 4.78 is 17.3.